The monoisotopic (exact) mass is 529 g/mol. The van der Waals surface area contributed by atoms with Crippen LogP contribution in [0.15, 0.2) is 47.8 Å². The molecular formula is C24H35N9O5. The smallest absolute Gasteiger partial charge is 0.326 e. The molecule has 0 fully saturated rings. The van der Waals surface area contributed by atoms with Crippen molar-refractivity contribution in [1.82, 2.24) is 25.9 Å². The van der Waals surface area contributed by atoms with Gasteiger partial charge in [-0.05, 0) is 31.7 Å². The summed E-state index contributed by atoms with van der Waals surface area (Å²) in [5, 5.41) is 17.0. The molecule has 1 heterocycles. The SMILES string of the molecule is CC(NC(=O)C(Cc1cnc[nH]1)NC(=O)C(N)Cc1ccccc1)C(=O)NC(CCCN=C(N)N)C(=O)O. The van der Waals surface area contributed by atoms with E-state index in [1.165, 1.54) is 19.4 Å². The van der Waals surface area contributed by atoms with Crippen molar-refractivity contribution in [3.8, 4) is 0 Å². The van der Waals surface area contributed by atoms with E-state index < -0.39 is 47.9 Å². The third-order valence-electron chi connectivity index (χ3n) is 5.56. The van der Waals surface area contributed by atoms with Gasteiger partial charge in [-0.25, -0.2) is 9.78 Å². The maximum atomic E-state index is 13.1. The molecular weight excluding hydrogens is 494 g/mol. The van der Waals surface area contributed by atoms with Gasteiger partial charge in [0.2, 0.25) is 17.7 Å². The van der Waals surface area contributed by atoms with Gasteiger partial charge in [-0.1, -0.05) is 30.3 Å². The van der Waals surface area contributed by atoms with Gasteiger partial charge in [0, 0.05) is 24.9 Å². The number of aliphatic carboxylic acids is 1. The number of H-pyrrole nitrogens is 1. The number of hydrogen-bond acceptors (Lipinski definition) is 7. The molecule has 2 aromatic rings. The Labute approximate surface area is 219 Å². The molecule has 14 heteroatoms. The predicted molar refractivity (Wildman–Crippen MR) is 139 cm³/mol. The lowest BCUT2D eigenvalue weighted by molar-refractivity contribution is -0.142. The van der Waals surface area contributed by atoms with Gasteiger partial charge in [-0.2, -0.15) is 0 Å². The molecule has 0 radical (unpaired) electrons. The number of imidazole rings is 1. The molecule has 38 heavy (non-hydrogen) atoms. The Bertz CT molecular complexity index is 1090. The number of rotatable bonds is 15. The topological polar surface area (TPSA) is 244 Å². The Morgan fingerprint density at radius 3 is 2.29 bits per heavy atom. The molecule has 3 amide bonds. The molecule has 0 bridgehead atoms. The molecule has 14 nitrogen and oxygen atoms in total. The number of amides is 3. The molecule has 0 aliphatic heterocycles. The van der Waals surface area contributed by atoms with Crippen molar-refractivity contribution >= 4 is 29.7 Å². The minimum Gasteiger partial charge on any atom is -0.480 e. The Hall–Kier alpha value is -4.46. The number of aromatic amines is 1. The van der Waals surface area contributed by atoms with Crippen LogP contribution >= 0.6 is 0 Å². The van der Waals surface area contributed by atoms with Crippen LogP contribution in [0.25, 0.3) is 0 Å². The van der Waals surface area contributed by atoms with Gasteiger partial charge in [0.15, 0.2) is 5.96 Å². The zero-order chi connectivity index (χ0) is 28.1. The van der Waals surface area contributed by atoms with E-state index in [1.54, 1.807) is 0 Å². The number of carbonyl (C=O) groups is 4. The Morgan fingerprint density at radius 2 is 1.68 bits per heavy atom. The number of carbonyl (C=O) groups excluding carboxylic acids is 3. The first-order valence-electron chi connectivity index (χ1n) is 12.0. The van der Waals surface area contributed by atoms with Gasteiger partial charge in [-0.15, -0.1) is 0 Å². The van der Waals surface area contributed by atoms with Crippen molar-refractivity contribution in [3.05, 3.63) is 54.1 Å². The molecule has 0 aliphatic carbocycles. The molecule has 0 aliphatic rings. The van der Waals surface area contributed by atoms with Crippen LogP contribution in [0.3, 0.4) is 0 Å². The van der Waals surface area contributed by atoms with Gasteiger partial charge in [0.25, 0.3) is 0 Å². The quantitative estimate of drug-likeness (QED) is 0.0731. The number of nitrogens with one attached hydrogen (secondary N) is 4. The zero-order valence-corrected chi connectivity index (χ0v) is 21.1. The van der Waals surface area contributed by atoms with Gasteiger partial charge >= 0.3 is 5.97 Å². The van der Waals surface area contributed by atoms with Crippen LogP contribution in [0.5, 0.6) is 0 Å². The highest BCUT2D eigenvalue weighted by molar-refractivity contribution is 5.94. The molecule has 0 spiro atoms. The Balaban J connectivity index is 2.00. The maximum absolute atomic E-state index is 13.1. The van der Waals surface area contributed by atoms with Crippen LogP contribution in [-0.2, 0) is 32.0 Å². The minimum absolute atomic E-state index is 0.0620. The fourth-order valence-corrected chi connectivity index (χ4v) is 3.50. The van der Waals surface area contributed by atoms with E-state index in [0.29, 0.717) is 12.1 Å². The summed E-state index contributed by atoms with van der Waals surface area (Å²) in [7, 11) is 0. The molecule has 206 valence electrons. The van der Waals surface area contributed by atoms with Crippen LogP contribution in [0.4, 0.5) is 0 Å². The van der Waals surface area contributed by atoms with Crippen LogP contribution in [0, 0.1) is 0 Å². The number of carboxylic acid groups (broad SMARTS) is 1. The van der Waals surface area contributed by atoms with Crippen molar-refractivity contribution in [2.75, 3.05) is 6.54 Å². The second kappa shape index (κ2) is 14.9. The van der Waals surface area contributed by atoms with E-state index in [0.717, 1.165) is 5.56 Å². The van der Waals surface area contributed by atoms with E-state index >= 15 is 0 Å². The second-order valence-electron chi connectivity index (χ2n) is 8.72. The van der Waals surface area contributed by atoms with Crippen LogP contribution in [0.1, 0.15) is 31.0 Å². The third-order valence-corrected chi connectivity index (χ3v) is 5.56. The first-order valence-corrected chi connectivity index (χ1v) is 12.0. The summed E-state index contributed by atoms with van der Waals surface area (Å²) in [5.74, 6) is -3.26. The number of benzene rings is 1. The molecule has 4 unspecified atom stereocenters. The fraction of sp³-hybridized carbons (Fsp3) is 0.417. The van der Waals surface area contributed by atoms with Gasteiger partial charge in [0.1, 0.15) is 18.1 Å². The molecule has 2 rings (SSSR count). The largest absolute Gasteiger partial charge is 0.480 e. The minimum atomic E-state index is -1.24. The highest BCUT2D eigenvalue weighted by Crippen LogP contribution is 2.05. The molecule has 1 aromatic heterocycles. The molecule has 11 N–H and O–H groups in total. The first-order chi connectivity index (χ1) is 18.1. The van der Waals surface area contributed by atoms with Crippen molar-refractivity contribution in [3.63, 3.8) is 0 Å². The van der Waals surface area contributed by atoms with Gasteiger partial charge in [0.05, 0.1) is 12.4 Å². The van der Waals surface area contributed by atoms with Crippen LogP contribution in [-0.4, -0.2) is 75.4 Å². The van der Waals surface area contributed by atoms with Crippen molar-refractivity contribution in [2.24, 2.45) is 22.2 Å². The second-order valence-corrected chi connectivity index (χ2v) is 8.72. The van der Waals surface area contributed by atoms with Crippen molar-refractivity contribution in [1.29, 1.82) is 0 Å². The number of carboxylic acids is 1. The average Bonchev–Trinajstić information content (AvgIpc) is 3.38. The summed E-state index contributed by atoms with van der Waals surface area (Å²) in [4.78, 5) is 60.6. The van der Waals surface area contributed by atoms with Crippen molar-refractivity contribution < 1.29 is 24.3 Å². The van der Waals surface area contributed by atoms with E-state index in [2.05, 4.69) is 30.9 Å². The average molecular weight is 530 g/mol. The number of aliphatic imine (C=N–C) groups is 1. The molecule has 1 aromatic carbocycles. The standard InChI is InChI=1S/C24H35N9O5/c1-14(20(34)32-18(23(37)38)8-5-9-29-24(26)27)31-22(36)19(11-16-12-28-13-30-16)33-21(35)17(25)10-15-6-3-2-4-7-15/h2-4,6-7,12-14,17-19H,5,8-11,25H2,1H3,(H,28,30)(H,31,36)(H,32,34)(H,33,35)(H,37,38)(H4,26,27,29). The Kier molecular flexibility index (Phi) is 11.7. The van der Waals surface area contributed by atoms with E-state index in [-0.39, 0.29) is 31.8 Å². The molecule has 0 saturated heterocycles. The lowest BCUT2D eigenvalue weighted by atomic mass is 10.0. The number of guanidine groups is 1. The lowest BCUT2D eigenvalue weighted by Crippen LogP contribution is -2.57. The molecule has 4 atom stereocenters. The maximum Gasteiger partial charge on any atom is 0.326 e. The summed E-state index contributed by atoms with van der Waals surface area (Å²) in [6.45, 7) is 1.61. The number of aromatic nitrogens is 2. The highest BCUT2D eigenvalue weighted by Gasteiger charge is 2.28. The van der Waals surface area contributed by atoms with Crippen LogP contribution < -0.4 is 33.2 Å². The Morgan fingerprint density at radius 1 is 1.00 bits per heavy atom. The highest BCUT2D eigenvalue weighted by atomic mass is 16.4. The first kappa shape index (κ1) is 29.8. The van der Waals surface area contributed by atoms with Crippen LogP contribution in [0.2, 0.25) is 0 Å². The number of nitrogens with two attached hydrogens (primary N) is 3. The normalized spacial score (nSPS) is 13.8. The summed E-state index contributed by atoms with van der Waals surface area (Å²) in [5.41, 5.74) is 18.0. The lowest BCUT2D eigenvalue weighted by Gasteiger charge is -2.23. The zero-order valence-electron chi connectivity index (χ0n) is 21.1. The fourth-order valence-electron chi connectivity index (χ4n) is 3.50. The third kappa shape index (κ3) is 10.3. The number of hydrogen-bond donors (Lipinski definition) is 8. The molecule has 0 saturated carbocycles. The van der Waals surface area contributed by atoms with E-state index in [1.807, 2.05) is 30.3 Å². The summed E-state index contributed by atoms with van der Waals surface area (Å²) >= 11 is 0. The van der Waals surface area contributed by atoms with E-state index in [9.17, 15) is 24.3 Å². The predicted octanol–water partition coefficient (Wildman–Crippen LogP) is -1.87. The summed E-state index contributed by atoms with van der Waals surface area (Å²) in [6.07, 6.45) is 3.67. The summed E-state index contributed by atoms with van der Waals surface area (Å²) in [6, 6.07) is 4.91. The van der Waals surface area contributed by atoms with Crippen molar-refractivity contribution in [2.45, 2.75) is 56.8 Å². The van der Waals surface area contributed by atoms with Gasteiger partial charge in [-0.3, -0.25) is 19.4 Å². The van der Waals surface area contributed by atoms with E-state index in [4.69, 9.17) is 17.2 Å². The summed E-state index contributed by atoms with van der Waals surface area (Å²) < 4.78 is 0. The van der Waals surface area contributed by atoms with Gasteiger partial charge < -0.3 is 43.2 Å². The number of nitrogens with zero attached hydrogens (tertiary/aromatic N) is 2.